The average Bonchev–Trinajstić information content (AvgIpc) is 3.34. The third kappa shape index (κ3) is 5.16. The van der Waals surface area contributed by atoms with Crippen LogP contribution in [0.1, 0.15) is 41.7 Å². The first-order valence-electron chi connectivity index (χ1n) is 16.5. The predicted molar refractivity (Wildman–Crippen MR) is 202 cm³/mol. The number of anilines is 3. The second-order valence-electron chi connectivity index (χ2n) is 13.2. The van der Waals surface area contributed by atoms with E-state index in [4.69, 9.17) is 4.74 Å². The van der Waals surface area contributed by atoms with Crippen molar-refractivity contribution in [3.8, 4) is 28.0 Å². The van der Waals surface area contributed by atoms with Crippen molar-refractivity contribution in [1.82, 2.24) is 0 Å². The molecular formula is C46H37NO. The van der Waals surface area contributed by atoms with Crippen LogP contribution in [0.15, 0.2) is 164 Å². The fraction of sp³-hybridized carbons (Fsp3) is 0.0870. The average molecular weight is 620 g/mol. The summed E-state index contributed by atoms with van der Waals surface area (Å²) >= 11 is 0. The summed E-state index contributed by atoms with van der Waals surface area (Å²) in [7, 11) is 0. The zero-order chi connectivity index (χ0) is 32.8. The Morgan fingerprint density at radius 2 is 1.12 bits per heavy atom. The van der Waals surface area contributed by atoms with Crippen LogP contribution in [0.4, 0.5) is 17.1 Å². The van der Waals surface area contributed by atoms with Crippen molar-refractivity contribution in [3.05, 3.63) is 192 Å². The van der Waals surface area contributed by atoms with E-state index in [1.165, 1.54) is 38.9 Å². The maximum absolute atomic E-state index is 6.47. The van der Waals surface area contributed by atoms with Crippen molar-refractivity contribution in [1.29, 1.82) is 0 Å². The van der Waals surface area contributed by atoms with Gasteiger partial charge in [0.15, 0.2) is 0 Å². The Kier molecular flexibility index (Phi) is 7.22. The van der Waals surface area contributed by atoms with E-state index in [2.05, 4.69) is 148 Å². The molecule has 0 bridgehead atoms. The van der Waals surface area contributed by atoms with E-state index in [1.54, 1.807) is 0 Å². The molecule has 6 aromatic carbocycles. The number of benzene rings is 6. The summed E-state index contributed by atoms with van der Waals surface area (Å²) in [6.45, 7) is 11.0. The Morgan fingerprint density at radius 3 is 1.83 bits per heavy atom. The van der Waals surface area contributed by atoms with Crippen molar-refractivity contribution >= 4 is 28.4 Å². The van der Waals surface area contributed by atoms with Crippen LogP contribution in [0, 0.1) is 6.92 Å². The van der Waals surface area contributed by atoms with E-state index in [0.717, 1.165) is 45.3 Å². The summed E-state index contributed by atoms with van der Waals surface area (Å²) in [5.41, 5.74) is 15.2. The lowest BCUT2D eigenvalue weighted by atomic mass is 9.82. The third-order valence-corrected chi connectivity index (χ3v) is 9.74. The van der Waals surface area contributed by atoms with Gasteiger partial charge in [-0.2, -0.15) is 0 Å². The molecule has 0 amide bonds. The van der Waals surface area contributed by atoms with Crippen LogP contribution >= 0.6 is 0 Å². The number of rotatable bonds is 5. The van der Waals surface area contributed by atoms with E-state index in [1.807, 2.05) is 42.5 Å². The van der Waals surface area contributed by atoms with Gasteiger partial charge in [-0.15, -0.1) is 0 Å². The summed E-state index contributed by atoms with van der Waals surface area (Å²) < 4.78 is 6.47. The Hall–Kier alpha value is -5.86. The van der Waals surface area contributed by atoms with Crippen molar-refractivity contribution in [2.45, 2.75) is 26.2 Å². The molecule has 0 N–H and O–H groups in total. The molecule has 2 heteroatoms. The zero-order valence-electron chi connectivity index (χ0n) is 27.6. The highest BCUT2D eigenvalue weighted by Crippen LogP contribution is 2.50. The van der Waals surface area contributed by atoms with E-state index in [9.17, 15) is 0 Å². The highest BCUT2D eigenvalue weighted by Gasteiger charge is 2.35. The highest BCUT2D eigenvalue weighted by molar-refractivity contribution is 5.86. The minimum atomic E-state index is -0.0934. The molecule has 48 heavy (non-hydrogen) atoms. The fourth-order valence-corrected chi connectivity index (χ4v) is 7.07. The normalized spacial score (nSPS) is 15.9. The standard InChI is InChI=1S/C46H37NO/c1-31-16-18-33(19-17-31)34-20-24-36(25-21-34)47(38-28-29-41-40-12-5-7-13-42(40)46(3,4)43(41)30-38)37-26-22-35(23-27-37)44-15-9-10-32(2)39-11-6-8-14-45(39)48-44/h5-30H,2H2,1,3-4H3/b10-9-,44-15-. The SMILES string of the molecule is C=C1/C=C\C=C(\c2ccc(N(c3ccc(-c4ccc(C)cc4)cc3)c3ccc4c(c3)C(C)(C)c3ccccc3-4)cc2)Oc2ccccc21. The van der Waals surface area contributed by atoms with Crippen LogP contribution in [-0.4, -0.2) is 0 Å². The maximum Gasteiger partial charge on any atom is 0.135 e. The number of nitrogens with zero attached hydrogens (tertiary/aromatic N) is 1. The van der Waals surface area contributed by atoms with Gasteiger partial charge >= 0.3 is 0 Å². The topological polar surface area (TPSA) is 12.5 Å². The van der Waals surface area contributed by atoms with Crippen molar-refractivity contribution in [2.24, 2.45) is 0 Å². The molecule has 6 aromatic rings. The first kappa shape index (κ1) is 29.5. The lowest BCUT2D eigenvalue weighted by molar-refractivity contribution is 0.513. The van der Waals surface area contributed by atoms with Gasteiger partial charge in [0.05, 0.1) is 0 Å². The zero-order valence-corrected chi connectivity index (χ0v) is 27.6. The number of hydrogen-bond acceptors (Lipinski definition) is 2. The van der Waals surface area contributed by atoms with Gasteiger partial charge in [0.1, 0.15) is 11.5 Å². The van der Waals surface area contributed by atoms with Gasteiger partial charge in [-0.1, -0.05) is 123 Å². The van der Waals surface area contributed by atoms with E-state index in [0.29, 0.717) is 0 Å². The molecule has 0 atom stereocenters. The molecule has 232 valence electrons. The summed E-state index contributed by atoms with van der Waals surface area (Å²) in [5.74, 6) is 1.60. The molecule has 0 spiro atoms. The Morgan fingerprint density at radius 1 is 0.562 bits per heavy atom. The lowest BCUT2D eigenvalue weighted by Crippen LogP contribution is -2.16. The maximum atomic E-state index is 6.47. The Balaban J connectivity index is 1.20. The molecule has 2 aliphatic rings. The number of allylic oxidation sites excluding steroid dienone is 4. The number of fused-ring (bicyclic) bond motifs is 4. The van der Waals surface area contributed by atoms with Gasteiger partial charge in [-0.25, -0.2) is 0 Å². The molecule has 0 aromatic heterocycles. The van der Waals surface area contributed by atoms with Crippen LogP contribution in [0.2, 0.25) is 0 Å². The van der Waals surface area contributed by atoms with E-state index in [-0.39, 0.29) is 5.41 Å². The van der Waals surface area contributed by atoms with Gasteiger partial charge in [0.25, 0.3) is 0 Å². The minimum Gasteiger partial charge on any atom is -0.456 e. The largest absolute Gasteiger partial charge is 0.456 e. The van der Waals surface area contributed by atoms with Gasteiger partial charge in [0, 0.05) is 33.6 Å². The second-order valence-corrected chi connectivity index (χ2v) is 13.2. The second kappa shape index (κ2) is 11.7. The van der Waals surface area contributed by atoms with Gasteiger partial charge in [-0.05, 0) is 107 Å². The Bertz CT molecular complexity index is 2230. The minimum absolute atomic E-state index is 0.0934. The van der Waals surface area contributed by atoms with Crippen molar-refractivity contribution in [3.63, 3.8) is 0 Å². The summed E-state index contributed by atoms with van der Waals surface area (Å²) in [5, 5.41) is 0. The molecule has 0 saturated carbocycles. The number of hydrogen-bond donors (Lipinski definition) is 0. The van der Waals surface area contributed by atoms with Crippen LogP contribution in [0.5, 0.6) is 5.75 Å². The number of para-hydroxylation sites is 1. The molecule has 8 rings (SSSR count). The van der Waals surface area contributed by atoms with Gasteiger partial charge in [0.2, 0.25) is 0 Å². The first-order chi connectivity index (χ1) is 23.4. The smallest absolute Gasteiger partial charge is 0.135 e. The van der Waals surface area contributed by atoms with E-state index >= 15 is 0 Å². The molecule has 2 nitrogen and oxygen atoms in total. The van der Waals surface area contributed by atoms with Gasteiger partial charge in [-0.3, -0.25) is 0 Å². The van der Waals surface area contributed by atoms with Gasteiger partial charge < -0.3 is 9.64 Å². The molecule has 0 fully saturated rings. The summed E-state index contributed by atoms with van der Waals surface area (Å²) in [6, 6.07) is 50.1. The van der Waals surface area contributed by atoms with E-state index < -0.39 is 0 Å². The Labute approximate surface area is 283 Å². The van der Waals surface area contributed by atoms with Crippen LogP contribution in [0.3, 0.4) is 0 Å². The van der Waals surface area contributed by atoms with Crippen LogP contribution < -0.4 is 9.64 Å². The molecule has 1 aliphatic heterocycles. The highest BCUT2D eigenvalue weighted by atomic mass is 16.5. The lowest BCUT2D eigenvalue weighted by Gasteiger charge is -2.28. The first-order valence-corrected chi connectivity index (χ1v) is 16.5. The third-order valence-electron chi connectivity index (χ3n) is 9.74. The summed E-state index contributed by atoms with van der Waals surface area (Å²) in [4.78, 5) is 2.36. The quantitative estimate of drug-likeness (QED) is 0.190. The molecule has 0 unspecified atom stereocenters. The molecular weight excluding hydrogens is 583 g/mol. The number of ether oxygens (including phenoxy) is 1. The molecule has 0 saturated heterocycles. The predicted octanol–water partition coefficient (Wildman–Crippen LogP) is 12.4. The van der Waals surface area contributed by atoms with Crippen molar-refractivity contribution < 1.29 is 4.74 Å². The monoisotopic (exact) mass is 619 g/mol. The molecule has 1 aliphatic carbocycles. The van der Waals surface area contributed by atoms with Crippen molar-refractivity contribution in [2.75, 3.05) is 4.90 Å². The fourth-order valence-electron chi connectivity index (χ4n) is 7.07. The number of aryl methyl sites for hydroxylation is 1. The van der Waals surface area contributed by atoms with Crippen LogP contribution in [0.25, 0.3) is 33.6 Å². The molecule has 1 heterocycles. The molecule has 0 radical (unpaired) electrons. The van der Waals surface area contributed by atoms with Crippen LogP contribution in [-0.2, 0) is 5.41 Å². The summed E-state index contributed by atoms with van der Waals surface area (Å²) in [6.07, 6.45) is 6.05.